The predicted octanol–water partition coefficient (Wildman–Crippen LogP) is 1.63. The summed E-state index contributed by atoms with van der Waals surface area (Å²) in [5, 5.41) is 14.3. The van der Waals surface area contributed by atoms with Crippen LogP contribution in [0.1, 0.15) is 36.5 Å². The largest absolute Gasteiger partial charge is 0.480 e. The lowest BCUT2D eigenvalue weighted by molar-refractivity contribution is -0.139. The topological polar surface area (TPSA) is 95.5 Å². The summed E-state index contributed by atoms with van der Waals surface area (Å²) in [4.78, 5) is 34.1. The lowest BCUT2D eigenvalue weighted by Crippen LogP contribution is -2.41. The van der Waals surface area contributed by atoms with Crippen molar-refractivity contribution in [1.29, 1.82) is 0 Å². The summed E-state index contributed by atoms with van der Waals surface area (Å²) in [5.41, 5.74) is 0.956. The van der Waals surface area contributed by atoms with Gasteiger partial charge in [0.15, 0.2) is 0 Å². The Morgan fingerprint density at radius 1 is 1.24 bits per heavy atom. The molecule has 112 valence electrons. The number of amides is 2. The first-order chi connectivity index (χ1) is 9.95. The third-order valence-electron chi connectivity index (χ3n) is 3.34. The molecule has 1 aliphatic rings. The van der Waals surface area contributed by atoms with E-state index < -0.39 is 17.9 Å². The molecule has 0 saturated heterocycles. The minimum atomic E-state index is -1.01. The molecule has 0 spiro atoms. The van der Waals surface area contributed by atoms with Gasteiger partial charge in [-0.25, -0.2) is 4.79 Å². The van der Waals surface area contributed by atoms with Gasteiger partial charge in [-0.15, -0.1) is 0 Å². The van der Waals surface area contributed by atoms with Crippen molar-refractivity contribution in [2.75, 3.05) is 5.32 Å². The molecule has 0 bridgehead atoms. The molecule has 1 fully saturated rings. The van der Waals surface area contributed by atoms with E-state index in [1.807, 2.05) is 0 Å². The minimum Gasteiger partial charge on any atom is -0.480 e. The number of carbonyl (C=O) groups is 3. The van der Waals surface area contributed by atoms with Crippen molar-refractivity contribution in [3.63, 3.8) is 0 Å². The summed E-state index contributed by atoms with van der Waals surface area (Å²) in [5.74, 6) is -1.21. The monoisotopic (exact) mass is 290 g/mol. The van der Waals surface area contributed by atoms with Crippen LogP contribution in [0, 0.1) is 5.92 Å². The predicted molar refractivity (Wildman–Crippen MR) is 77.0 cm³/mol. The summed E-state index contributed by atoms with van der Waals surface area (Å²) in [6.07, 6.45) is 2.54. The van der Waals surface area contributed by atoms with Gasteiger partial charge in [-0.1, -0.05) is 12.8 Å². The molecule has 1 atom stereocenters. The number of aliphatic carboxylic acids is 1. The number of anilines is 1. The molecule has 1 saturated carbocycles. The van der Waals surface area contributed by atoms with Crippen molar-refractivity contribution in [3.05, 3.63) is 29.8 Å². The molecule has 0 radical (unpaired) electrons. The lowest BCUT2D eigenvalue weighted by atomic mass is 10.1. The third-order valence-corrected chi connectivity index (χ3v) is 3.34. The molecule has 2 rings (SSSR count). The highest BCUT2D eigenvalue weighted by atomic mass is 16.4. The highest BCUT2D eigenvalue weighted by molar-refractivity contribution is 5.97. The number of hydrogen-bond donors (Lipinski definition) is 3. The van der Waals surface area contributed by atoms with Crippen LogP contribution in [0.5, 0.6) is 0 Å². The van der Waals surface area contributed by atoms with E-state index in [9.17, 15) is 14.4 Å². The molecule has 1 aliphatic carbocycles. The van der Waals surface area contributed by atoms with Crippen LogP contribution in [-0.4, -0.2) is 28.9 Å². The van der Waals surface area contributed by atoms with Gasteiger partial charge < -0.3 is 15.7 Å². The van der Waals surface area contributed by atoms with Crippen LogP contribution in [0.25, 0.3) is 0 Å². The zero-order valence-electron chi connectivity index (χ0n) is 11.8. The molecular formula is C15H18N2O4. The van der Waals surface area contributed by atoms with Crippen molar-refractivity contribution in [3.8, 4) is 0 Å². The van der Waals surface area contributed by atoms with Gasteiger partial charge >= 0.3 is 5.97 Å². The van der Waals surface area contributed by atoms with Gasteiger partial charge in [0.2, 0.25) is 5.91 Å². The summed E-state index contributed by atoms with van der Waals surface area (Å²) >= 11 is 0. The standard InChI is InChI=1S/C15H18N2O4/c1-9(18)16-12-6-4-11(5-7-12)14(19)17-13(15(20)21)8-10-2-3-10/h4-7,10,13H,2-3,8H2,1H3,(H,16,18)(H,17,19)(H,20,21). The molecule has 2 amide bonds. The van der Waals surface area contributed by atoms with Crippen molar-refractivity contribution in [1.82, 2.24) is 5.32 Å². The van der Waals surface area contributed by atoms with Gasteiger partial charge in [-0.05, 0) is 36.6 Å². The van der Waals surface area contributed by atoms with Gasteiger partial charge in [0.1, 0.15) is 6.04 Å². The van der Waals surface area contributed by atoms with E-state index in [0.29, 0.717) is 23.6 Å². The third kappa shape index (κ3) is 4.59. The van der Waals surface area contributed by atoms with Crippen LogP contribution >= 0.6 is 0 Å². The van der Waals surface area contributed by atoms with Crippen LogP contribution in [0.3, 0.4) is 0 Å². The fraction of sp³-hybridized carbons (Fsp3) is 0.400. The SMILES string of the molecule is CC(=O)Nc1ccc(C(=O)NC(CC2CC2)C(=O)O)cc1. The fourth-order valence-electron chi connectivity index (χ4n) is 2.06. The van der Waals surface area contributed by atoms with Gasteiger partial charge in [-0.3, -0.25) is 9.59 Å². The van der Waals surface area contributed by atoms with Crippen molar-refractivity contribution in [2.45, 2.75) is 32.2 Å². The Bertz CT molecular complexity index is 549. The number of carboxylic acid groups (broad SMARTS) is 1. The van der Waals surface area contributed by atoms with Crippen molar-refractivity contribution in [2.24, 2.45) is 5.92 Å². The first kappa shape index (κ1) is 15.0. The number of carbonyl (C=O) groups excluding carboxylic acids is 2. The first-order valence-corrected chi connectivity index (χ1v) is 6.87. The Morgan fingerprint density at radius 3 is 2.33 bits per heavy atom. The molecule has 1 aromatic carbocycles. The Balaban J connectivity index is 1.97. The van der Waals surface area contributed by atoms with Crippen molar-refractivity contribution < 1.29 is 19.5 Å². The molecule has 6 nitrogen and oxygen atoms in total. The number of nitrogens with one attached hydrogen (secondary N) is 2. The summed E-state index contributed by atoms with van der Waals surface area (Å²) in [6.45, 7) is 1.40. The van der Waals surface area contributed by atoms with Crippen LogP contribution in [0.2, 0.25) is 0 Å². The lowest BCUT2D eigenvalue weighted by Gasteiger charge is -2.14. The van der Waals surface area contributed by atoms with E-state index in [1.54, 1.807) is 24.3 Å². The van der Waals surface area contributed by atoms with E-state index in [1.165, 1.54) is 6.92 Å². The van der Waals surface area contributed by atoms with E-state index >= 15 is 0 Å². The Morgan fingerprint density at radius 2 is 1.86 bits per heavy atom. The molecule has 1 aromatic rings. The highest BCUT2D eigenvalue weighted by Gasteiger charge is 2.30. The van der Waals surface area contributed by atoms with Crippen molar-refractivity contribution >= 4 is 23.5 Å². The maximum Gasteiger partial charge on any atom is 0.326 e. The quantitative estimate of drug-likeness (QED) is 0.742. The van der Waals surface area contributed by atoms with Crippen LogP contribution in [0.15, 0.2) is 24.3 Å². The average molecular weight is 290 g/mol. The summed E-state index contributed by atoms with van der Waals surface area (Å²) in [6, 6.07) is 5.47. The minimum absolute atomic E-state index is 0.192. The van der Waals surface area contributed by atoms with Gasteiger partial charge in [0.25, 0.3) is 5.91 Å². The first-order valence-electron chi connectivity index (χ1n) is 6.87. The van der Waals surface area contributed by atoms with Crippen LogP contribution in [0.4, 0.5) is 5.69 Å². The molecule has 3 N–H and O–H groups in total. The Hall–Kier alpha value is -2.37. The fourth-order valence-corrected chi connectivity index (χ4v) is 2.06. The Labute approximate surface area is 122 Å². The number of carboxylic acids is 1. The van der Waals surface area contributed by atoms with E-state index in [4.69, 9.17) is 5.11 Å². The van der Waals surface area contributed by atoms with E-state index in [2.05, 4.69) is 10.6 Å². The second kappa shape index (κ2) is 6.39. The maximum absolute atomic E-state index is 12.0. The Kier molecular flexibility index (Phi) is 4.57. The number of rotatable bonds is 6. The molecule has 0 aliphatic heterocycles. The zero-order chi connectivity index (χ0) is 15.4. The van der Waals surface area contributed by atoms with E-state index in [0.717, 1.165) is 12.8 Å². The van der Waals surface area contributed by atoms with E-state index in [-0.39, 0.29) is 5.91 Å². The molecular weight excluding hydrogens is 272 g/mol. The summed E-state index contributed by atoms with van der Waals surface area (Å²) in [7, 11) is 0. The second-order valence-electron chi connectivity index (χ2n) is 5.30. The molecule has 0 heterocycles. The summed E-state index contributed by atoms with van der Waals surface area (Å²) < 4.78 is 0. The smallest absolute Gasteiger partial charge is 0.326 e. The van der Waals surface area contributed by atoms with Gasteiger partial charge in [-0.2, -0.15) is 0 Å². The second-order valence-corrected chi connectivity index (χ2v) is 5.30. The van der Waals surface area contributed by atoms with Gasteiger partial charge in [0.05, 0.1) is 0 Å². The van der Waals surface area contributed by atoms with Crippen LogP contribution in [-0.2, 0) is 9.59 Å². The molecule has 0 aromatic heterocycles. The maximum atomic E-state index is 12.0. The molecule has 1 unspecified atom stereocenters. The molecule has 21 heavy (non-hydrogen) atoms. The van der Waals surface area contributed by atoms with Crippen LogP contribution < -0.4 is 10.6 Å². The van der Waals surface area contributed by atoms with Gasteiger partial charge in [0, 0.05) is 18.2 Å². The normalized spacial score (nSPS) is 15.1. The highest BCUT2D eigenvalue weighted by Crippen LogP contribution is 2.33. The number of benzene rings is 1. The molecule has 6 heteroatoms. The average Bonchev–Trinajstić information content (AvgIpc) is 3.22. The zero-order valence-corrected chi connectivity index (χ0v) is 11.8. The number of hydrogen-bond acceptors (Lipinski definition) is 3.